The summed E-state index contributed by atoms with van der Waals surface area (Å²) >= 11 is 0. The molecular weight excluding hydrogens is 368 g/mol. The van der Waals surface area contributed by atoms with E-state index in [0.29, 0.717) is 24.1 Å². The minimum absolute atomic E-state index is 0.0725. The number of nitrogens with one attached hydrogen (secondary N) is 1. The maximum atomic E-state index is 13.3. The first kappa shape index (κ1) is 20.3. The number of hydrogen-bond acceptors (Lipinski definition) is 5. The third-order valence-electron chi connectivity index (χ3n) is 6.29. The fourth-order valence-corrected chi connectivity index (χ4v) is 4.64. The SMILES string of the molecule is Cc1nn(C2=CC=CC(O)C2)c(C)c1C(=O)N1CCC(NC2CCOCC2)CC1. The summed E-state index contributed by atoms with van der Waals surface area (Å²) < 4.78 is 7.25. The molecule has 0 bridgehead atoms. The lowest BCUT2D eigenvalue weighted by Crippen LogP contribution is -2.49. The molecule has 1 amide bonds. The Labute approximate surface area is 172 Å². The molecule has 1 aromatic heterocycles. The molecule has 1 atom stereocenters. The number of nitrogens with zero attached hydrogens (tertiary/aromatic N) is 3. The van der Waals surface area contributed by atoms with Gasteiger partial charge in [-0.3, -0.25) is 4.79 Å². The smallest absolute Gasteiger partial charge is 0.257 e. The Bertz CT molecular complexity index is 799. The number of piperidine rings is 1. The number of aromatic nitrogens is 2. The zero-order chi connectivity index (χ0) is 20.4. The molecule has 3 heterocycles. The highest BCUT2D eigenvalue weighted by Gasteiger charge is 2.29. The fourth-order valence-electron chi connectivity index (χ4n) is 4.64. The molecule has 158 valence electrons. The lowest BCUT2D eigenvalue weighted by Gasteiger charge is -2.35. The first-order valence-electron chi connectivity index (χ1n) is 10.8. The highest BCUT2D eigenvalue weighted by atomic mass is 16.5. The van der Waals surface area contributed by atoms with Crippen LogP contribution in [-0.2, 0) is 4.74 Å². The molecule has 2 N–H and O–H groups in total. The van der Waals surface area contributed by atoms with Gasteiger partial charge in [0.2, 0.25) is 0 Å². The fraction of sp³-hybridized carbons (Fsp3) is 0.636. The van der Waals surface area contributed by atoms with Gasteiger partial charge in [0.25, 0.3) is 5.91 Å². The van der Waals surface area contributed by atoms with Gasteiger partial charge < -0.3 is 20.1 Å². The van der Waals surface area contributed by atoms with Crippen LogP contribution in [0.1, 0.15) is 53.8 Å². The summed E-state index contributed by atoms with van der Waals surface area (Å²) in [5, 5.41) is 18.3. The number of amides is 1. The number of likely N-dealkylation sites (tertiary alicyclic amines) is 1. The van der Waals surface area contributed by atoms with Gasteiger partial charge in [-0.2, -0.15) is 5.10 Å². The first-order chi connectivity index (χ1) is 14.0. The van der Waals surface area contributed by atoms with Crippen LogP contribution in [0.15, 0.2) is 18.2 Å². The molecule has 0 aromatic carbocycles. The Balaban J connectivity index is 1.40. The number of aliphatic hydroxyl groups is 1. The second-order valence-corrected chi connectivity index (χ2v) is 8.39. The number of carbonyl (C=O) groups excluding carboxylic acids is 1. The number of aliphatic hydroxyl groups excluding tert-OH is 1. The topological polar surface area (TPSA) is 79.6 Å². The van der Waals surface area contributed by atoms with E-state index in [1.807, 2.05) is 35.6 Å². The van der Waals surface area contributed by atoms with Crippen LogP contribution < -0.4 is 5.32 Å². The monoisotopic (exact) mass is 400 g/mol. The molecule has 4 rings (SSSR count). The van der Waals surface area contributed by atoms with Gasteiger partial charge in [-0.15, -0.1) is 0 Å². The average Bonchev–Trinajstić information content (AvgIpc) is 3.03. The van der Waals surface area contributed by atoms with Crippen LogP contribution >= 0.6 is 0 Å². The molecule has 29 heavy (non-hydrogen) atoms. The van der Waals surface area contributed by atoms with E-state index in [0.717, 1.165) is 69.1 Å². The zero-order valence-corrected chi connectivity index (χ0v) is 17.4. The molecule has 7 nitrogen and oxygen atoms in total. The molecule has 2 fully saturated rings. The van der Waals surface area contributed by atoms with E-state index < -0.39 is 6.10 Å². The van der Waals surface area contributed by atoms with Crippen LogP contribution in [0.3, 0.4) is 0 Å². The summed E-state index contributed by atoms with van der Waals surface area (Å²) in [6.07, 6.45) is 9.70. The van der Waals surface area contributed by atoms with Crippen molar-refractivity contribution >= 4 is 11.6 Å². The van der Waals surface area contributed by atoms with Gasteiger partial charge in [0.05, 0.1) is 23.1 Å². The van der Waals surface area contributed by atoms with Crippen molar-refractivity contribution in [3.63, 3.8) is 0 Å². The Morgan fingerprint density at radius 2 is 1.86 bits per heavy atom. The molecule has 1 aliphatic carbocycles. The number of allylic oxidation sites excluding steroid dienone is 2. The van der Waals surface area contributed by atoms with Crippen molar-refractivity contribution in [2.45, 2.75) is 64.1 Å². The second kappa shape index (κ2) is 8.81. The third-order valence-corrected chi connectivity index (χ3v) is 6.29. The highest BCUT2D eigenvalue weighted by molar-refractivity contribution is 5.96. The molecule has 0 spiro atoms. The van der Waals surface area contributed by atoms with Crippen LogP contribution in [0, 0.1) is 13.8 Å². The average molecular weight is 401 g/mol. The Hall–Kier alpha value is -1.96. The largest absolute Gasteiger partial charge is 0.389 e. The van der Waals surface area contributed by atoms with Crippen LogP contribution in [0.5, 0.6) is 0 Å². The van der Waals surface area contributed by atoms with Crippen molar-refractivity contribution in [3.05, 3.63) is 35.2 Å². The molecule has 0 saturated carbocycles. The quantitative estimate of drug-likeness (QED) is 0.809. The minimum atomic E-state index is -0.500. The van der Waals surface area contributed by atoms with E-state index in [4.69, 9.17) is 4.74 Å². The van der Waals surface area contributed by atoms with Crippen LogP contribution in [-0.4, -0.2) is 70.2 Å². The summed E-state index contributed by atoms with van der Waals surface area (Å²) in [6.45, 7) is 7.08. The van der Waals surface area contributed by atoms with E-state index in [-0.39, 0.29) is 5.91 Å². The predicted molar refractivity (Wildman–Crippen MR) is 112 cm³/mol. The summed E-state index contributed by atoms with van der Waals surface area (Å²) in [5.74, 6) is 0.0725. The van der Waals surface area contributed by atoms with E-state index >= 15 is 0 Å². The van der Waals surface area contributed by atoms with Gasteiger partial charge in [0.1, 0.15) is 0 Å². The van der Waals surface area contributed by atoms with Crippen molar-refractivity contribution in [2.24, 2.45) is 0 Å². The Kier molecular flexibility index (Phi) is 6.18. The zero-order valence-electron chi connectivity index (χ0n) is 17.4. The van der Waals surface area contributed by atoms with Gasteiger partial charge in [-0.1, -0.05) is 12.2 Å². The summed E-state index contributed by atoms with van der Waals surface area (Å²) in [6, 6.07) is 1.03. The Morgan fingerprint density at radius 3 is 2.55 bits per heavy atom. The molecule has 2 saturated heterocycles. The molecular formula is C22H32N4O3. The van der Waals surface area contributed by atoms with Gasteiger partial charge in [-0.05, 0) is 45.6 Å². The number of aryl methyl sites for hydroxylation is 1. The van der Waals surface area contributed by atoms with E-state index in [1.54, 1.807) is 6.08 Å². The van der Waals surface area contributed by atoms with Gasteiger partial charge >= 0.3 is 0 Å². The number of carbonyl (C=O) groups is 1. The number of rotatable bonds is 4. The summed E-state index contributed by atoms with van der Waals surface area (Å²) in [5.41, 5.74) is 3.22. The lowest BCUT2D eigenvalue weighted by atomic mass is 10.0. The molecule has 7 heteroatoms. The molecule has 3 aliphatic rings. The summed E-state index contributed by atoms with van der Waals surface area (Å²) in [7, 11) is 0. The van der Waals surface area contributed by atoms with Gasteiger partial charge in [0, 0.05) is 50.5 Å². The van der Waals surface area contributed by atoms with Crippen molar-refractivity contribution in [3.8, 4) is 0 Å². The molecule has 0 radical (unpaired) electrons. The number of hydrogen-bond donors (Lipinski definition) is 2. The van der Waals surface area contributed by atoms with Crippen molar-refractivity contribution < 1.29 is 14.6 Å². The lowest BCUT2D eigenvalue weighted by molar-refractivity contribution is 0.0631. The number of ether oxygens (including phenoxy) is 1. The third kappa shape index (κ3) is 4.47. The molecule has 1 aromatic rings. The van der Waals surface area contributed by atoms with Crippen molar-refractivity contribution in [1.82, 2.24) is 20.0 Å². The van der Waals surface area contributed by atoms with Crippen LogP contribution in [0.2, 0.25) is 0 Å². The maximum absolute atomic E-state index is 13.3. The highest BCUT2D eigenvalue weighted by Crippen LogP contribution is 2.25. The standard InChI is InChI=1S/C22H32N4O3/c1-15-21(16(2)26(24-15)19-4-3-5-20(27)14-19)22(28)25-10-6-17(7-11-25)23-18-8-12-29-13-9-18/h3-5,17-18,20,23,27H,6-14H2,1-2H3. The molecule has 2 aliphatic heterocycles. The summed E-state index contributed by atoms with van der Waals surface area (Å²) in [4.78, 5) is 15.2. The van der Waals surface area contributed by atoms with E-state index in [9.17, 15) is 9.90 Å². The minimum Gasteiger partial charge on any atom is -0.389 e. The molecule has 1 unspecified atom stereocenters. The van der Waals surface area contributed by atoms with Gasteiger partial charge in [-0.25, -0.2) is 4.68 Å². The predicted octanol–water partition coefficient (Wildman–Crippen LogP) is 2.03. The van der Waals surface area contributed by atoms with E-state index in [2.05, 4.69) is 10.4 Å². The van der Waals surface area contributed by atoms with Crippen LogP contribution in [0.4, 0.5) is 0 Å². The van der Waals surface area contributed by atoms with E-state index in [1.165, 1.54) is 0 Å². The maximum Gasteiger partial charge on any atom is 0.257 e. The van der Waals surface area contributed by atoms with Crippen molar-refractivity contribution in [1.29, 1.82) is 0 Å². The second-order valence-electron chi connectivity index (χ2n) is 8.39. The van der Waals surface area contributed by atoms with Crippen LogP contribution in [0.25, 0.3) is 5.70 Å². The van der Waals surface area contributed by atoms with Gasteiger partial charge in [0.15, 0.2) is 0 Å². The Morgan fingerprint density at radius 1 is 1.17 bits per heavy atom. The normalized spacial score (nSPS) is 24.0. The van der Waals surface area contributed by atoms with Crippen molar-refractivity contribution in [2.75, 3.05) is 26.3 Å². The first-order valence-corrected chi connectivity index (χ1v) is 10.8.